The summed E-state index contributed by atoms with van der Waals surface area (Å²) in [5.74, 6) is -2.07. The van der Waals surface area contributed by atoms with E-state index in [9.17, 15) is 24.5 Å². The first-order chi connectivity index (χ1) is 21.7. The molecular weight excluding hydrogens is 570 g/mol. The van der Waals surface area contributed by atoms with Gasteiger partial charge in [0.05, 0.1) is 24.0 Å². The van der Waals surface area contributed by atoms with Crippen LogP contribution in [0.1, 0.15) is 44.3 Å². The van der Waals surface area contributed by atoms with Crippen LogP contribution in [0.25, 0.3) is 5.57 Å². The van der Waals surface area contributed by atoms with Crippen molar-refractivity contribution in [2.45, 2.75) is 31.3 Å². The molecule has 45 heavy (non-hydrogen) atoms. The molecule has 7 rings (SSSR count). The van der Waals surface area contributed by atoms with Crippen LogP contribution in [0, 0.1) is 23.0 Å². The van der Waals surface area contributed by atoms with Crippen molar-refractivity contribution in [1.82, 2.24) is 0 Å². The summed E-state index contributed by atoms with van der Waals surface area (Å²) in [5, 5.41) is 14.7. The van der Waals surface area contributed by atoms with Gasteiger partial charge in [-0.2, -0.15) is 0 Å². The number of amides is 1. The average Bonchev–Trinajstić information content (AvgIpc) is 3.52. The number of hydrogen-bond donors (Lipinski definition) is 1. The van der Waals surface area contributed by atoms with Crippen LogP contribution in [0.15, 0.2) is 97.1 Å². The molecule has 0 aromatic heterocycles. The Morgan fingerprint density at radius 3 is 2.40 bits per heavy atom. The number of nitro benzene ring substituents is 1. The minimum Gasteiger partial charge on any atom is -0.497 e. The summed E-state index contributed by atoms with van der Waals surface area (Å²) in [5.41, 5.74) is 3.34. The lowest BCUT2D eigenvalue weighted by Crippen LogP contribution is -2.51. The van der Waals surface area contributed by atoms with Gasteiger partial charge in [-0.15, -0.1) is 0 Å². The molecule has 3 aliphatic heterocycles. The van der Waals surface area contributed by atoms with E-state index in [-0.39, 0.29) is 17.0 Å². The Morgan fingerprint density at radius 2 is 1.64 bits per heavy atom. The molecular formula is C36H29N3O6. The molecule has 224 valence electrons. The van der Waals surface area contributed by atoms with Gasteiger partial charge in [-0.3, -0.25) is 24.5 Å². The number of fused-ring (bicyclic) bond motifs is 6. The third-order valence-corrected chi connectivity index (χ3v) is 9.38. The fraction of sp³-hybridized carbons (Fsp3) is 0.194. The number of ether oxygens (including phenoxy) is 1. The third-order valence-electron chi connectivity index (χ3n) is 9.38. The number of carbonyl (C=O) groups excluding carboxylic acids is 3. The minimum atomic E-state index is -1.53. The number of benzene rings is 4. The summed E-state index contributed by atoms with van der Waals surface area (Å²) < 4.78 is 5.42. The smallest absolute Gasteiger partial charge is 0.270 e. The second-order valence-electron chi connectivity index (χ2n) is 11.8. The zero-order chi connectivity index (χ0) is 31.6. The van der Waals surface area contributed by atoms with Crippen LogP contribution in [-0.4, -0.2) is 41.6 Å². The van der Waals surface area contributed by atoms with E-state index in [0.29, 0.717) is 22.6 Å². The molecule has 4 atom stereocenters. The molecule has 9 heteroatoms. The number of methoxy groups -OCH3 is 1. The summed E-state index contributed by atoms with van der Waals surface area (Å²) in [4.78, 5) is 57.5. The van der Waals surface area contributed by atoms with Gasteiger partial charge in [0.2, 0.25) is 5.91 Å². The number of allylic oxidation sites excluding steroid dienone is 1. The van der Waals surface area contributed by atoms with Crippen molar-refractivity contribution in [2.75, 3.05) is 17.3 Å². The zero-order valence-corrected chi connectivity index (χ0v) is 24.8. The summed E-state index contributed by atoms with van der Waals surface area (Å²) in [7, 11) is 1.51. The van der Waals surface area contributed by atoms with E-state index in [1.54, 1.807) is 36.4 Å². The number of rotatable bonds is 6. The van der Waals surface area contributed by atoms with Gasteiger partial charge in [0.15, 0.2) is 11.6 Å². The van der Waals surface area contributed by atoms with Crippen LogP contribution in [0.4, 0.5) is 17.1 Å². The van der Waals surface area contributed by atoms with Gasteiger partial charge in [-0.1, -0.05) is 60.2 Å². The van der Waals surface area contributed by atoms with Crippen molar-refractivity contribution in [2.24, 2.45) is 5.92 Å². The number of aryl methyl sites for hydroxylation is 1. The lowest BCUT2D eigenvalue weighted by molar-refractivity contribution is -0.384. The highest BCUT2D eigenvalue weighted by Gasteiger charge is 2.70. The maximum Gasteiger partial charge on any atom is 0.270 e. The van der Waals surface area contributed by atoms with Gasteiger partial charge in [0, 0.05) is 40.2 Å². The van der Waals surface area contributed by atoms with Crippen molar-refractivity contribution in [3.05, 3.63) is 135 Å². The van der Waals surface area contributed by atoms with E-state index in [1.807, 2.05) is 55.2 Å². The van der Waals surface area contributed by atoms with Gasteiger partial charge < -0.3 is 15.0 Å². The van der Waals surface area contributed by atoms with Crippen LogP contribution in [0.2, 0.25) is 0 Å². The second kappa shape index (κ2) is 10.3. The van der Waals surface area contributed by atoms with E-state index in [0.717, 1.165) is 22.4 Å². The van der Waals surface area contributed by atoms with Gasteiger partial charge in [0.25, 0.3) is 5.69 Å². The van der Waals surface area contributed by atoms with Gasteiger partial charge in [-0.05, 0) is 55.3 Å². The molecule has 1 N–H and O–H groups in total. The fourth-order valence-electron chi connectivity index (χ4n) is 7.45. The predicted octanol–water partition coefficient (Wildman–Crippen LogP) is 6.16. The standard InChI is InChI=1S/C36H29N3O6/c1-20-14-15-29-26(16-20)21(2)17-30-36(27-12-4-5-13-28(27)37-35(36)42)31(33(40)22-8-6-10-24(18-22)39(43)44)32(38(29)30)34(41)23-9-7-11-25(19-23)45-3/h4-19,30-32H,1-3H3,(H,37,42)/t30-,31-,32+,36-/m1/s1. The summed E-state index contributed by atoms with van der Waals surface area (Å²) in [6.45, 7) is 3.95. The van der Waals surface area contributed by atoms with Crippen LogP contribution in [0.5, 0.6) is 5.75 Å². The minimum absolute atomic E-state index is 0.0545. The van der Waals surface area contributed by atoms with Gasteiger partial charge in [-0.25, -0.2) is 0 Å². The normalized spacial score (nSPS) is 22.6. The Morgan fingerprint density at radius 1 is 0.911 bits per heavy atom. The highest BCUT2D eigenvalue weighted by Crippen LogP contribution is 2.59. The second-order valence-corrected chi connectivity index (χ2v) is 11.8. The number of ketones is 2. The van der Waals surface area contributed by atoms with Crippen LogP contribution < -0.4 is 15.0 Å². The van der Waals surface area contributed by atoms with E-state index in [2.05, 4.69) is 5.32 Å². The molecule has 3 aliphatic rings. The Hall–Kier alpha value is -5.57. The predicted molar refractivity (Wildman–Crippen MR) is 170 cm³/mol. The summed E-state index contributed by atoms with van der Waals surface area (Å²) in [6.07, 6.45) is 1.98. The molecule has 1 spiro atoms. The number of hydrogen-bond acceptors (Lipinski definition) is 7. The number of nitrogens with one attached hydrogen (secondary N) is 1. The first-order valence-electron chi connectivity index (χ1n) is 14.6. The fourth-order valence-corrected chi connectivity index (χ4v) is 7.45. The molecule has 0 saturated carbocycles. The van der Waals surface area contributed by atoms with Crippen LogP contribution in [0.3, 0.4) is 0 Å². The van der Waals surface area contributed by atoms with Crippen molar-refractivity contribution in [3.8, 4) is 5.75 Å². The first kappa shape index (κ1) is 28.2. The van der Waals surface area contributed by atoms with Crippen molar-refractivity contribution < 1.29 is 24.0 Å². The van der Waals surface area contributed by atoms with Crippen molar-refractivity contribution in [1.29, 1.82) is 0 Å². The van der Waals surface area contributed by atoms with Gasteiger partial charge in [0.1, 0.15) is 17.2 Å². The number of carbonyl (C=O) groups is 3. The molecule has 9 nitrogen and oxygen atoms in total. The number of Topliss-reactive ketones (excluding diaryl/α,β-unsaturated/α-hetero) is 2. The number of non-ortho nitro benzene ring substituents is 1. The number of nitro groups is 1. The van der Waals surface area contributed by atoms with E-state index in [4.69, 9.17) is 4.74 Å². The Balaban J connectivity index is 1.55. The molecule has 3 heterocycles. The third kappa shape index (κ3) is 4.03. The first-order valence-corrected chi connectivity index (χ1v) is 14.6. The average molecular weight is 600 g/mol. The van der Waals surface area contributed by atoms with Crippen molar-refractivity contribution >= 4 is 40.1 Å². The molecule has 1 fully saturated rings. The number of nitrogens with zero attached hydrogens (tertiary/aromatic N) is 2. The largest absolute Gasteiger partial charge is 0.497 e. The summed E-state index contributed by atoms with van der Waals surface area (Å²) >= 11 is 0. The van der Waals surface area contributed by atoms with Crippen LogP contribution >= 0.6 is 0 Å². The molecule has 4 aromatic carbocycles. The molecule has 1 saturated heterocycles. The Labute approximate surface area is 259 Å². The molecule has 4 aromatic rings. The van der Waals surface area contributed by atoms with Gasteiger partial charge >= 0.3 is 0 Å². The zero-order valence-electron chi connectivity index (χ0n) is 24.8. The lowest BCUT2D eigenvalue weighted by atomic mass is 9.64. The molecule has 0 bridgehead atoms. The number of para-hydroxylation sites is 1. The topological polar surface area (TPSA) is 119 Å². The Bertz CT molecular complexity index is 1980. The molecule has 1 amide bonds. The Kier molecular flexibility index (Phi) is 6.43. The van der Waals surface area contributed by atoms with E-state index in [1.165, 1.54) is 31.4 Å². The highest BCUT2D eigenvalue weighted by atomic mass is 16.6. The lowest BCUT2D eigenvalue weighted by Gasteiger charge is -2.39. The SMILES string of the molecule is COc1cccc(C(=O)[C@@H]2[C@H](C(=O)c3cccc([N+](=O)[O-])c3)[C@]3(C(=O)Nc4ccccc43)[C@H]3C=C(C)c4cc(C)ccc4N23)c1. The van der Waals surface area contributed by atoms with E-state index < -0.39 is 40.0 Å². The maximum absolute atomic E-state index is 15.0. The highest BCUT2D eigenvalue weighted by molar-refractivity contribution is 6.18. The van der Waals surface area contributed by atoms with E-state index >= 15 is 0 Å². The molecule has 0 aliphatic carbocycles. The number of anilines is 2. The molecule has 0 unspecified atom stereocenters. The molecule has 0 radical (unpaired) electrons. The monoisotopic (exact) mass is 599 g/mol. The maximum atomic E-state index is 15.0. The van der Waals surface area contributed by atoms with Crippen molar-refractivity contribution in [3.63, 3.8) is 0 Å². The van der Waals surface area contributed by atoms with Crippen LogP contribution in [-0.2, 0) is 10.2 Å². The quantitative estimate of drug-likeness (QED) is 0.160. The summed E-state index contributed by atoms with van der Waals surface area (Å²) in [6, 6.07) is 23.5.